The lowest BCUT2D eigenvalue weighted by atomic mass is 9.88. The number of nitrogens with one attached hydrogen (secondary N) is 1. The van der Waals surface area contributed by atoms with E-state index >= 15 is 0 Å². The van der Waals surface area contributed by atoms with E-state index in [1.165, 1.54) is 0 Å². The molecule has 0 bridgehead atoms. The topological polar surface area (TPSA) is 58.6 Å². The summed E-state index contributed by atoms with van der Waals surface area (Å²) >= 11 is 0. The molecule has 1 rings (SSSR count). The van der Waals surface area contributed by atoms with E-state index < -0.39 is 35.4 Å². The van der Waals surface area contributed by atoms with Gasteiger partial charge in [-0.15, -0.1) is 0 Å². The zero-order valence-electron chi connectivity index (χ0n) is 14.3. The van der Waals surface area contributed by atoms with Crippen molar-refractivity contribution in [1.29, 1.82) is 0 Å². The van der Waals surface area contributed by atoms with Gasteiger partial charge in [0.1, 0.15) is 6.54 Å². The molecule has 148 valence electrons. The Morgan fingerprint density at radius 1 is 1.15 bits per heavy atom. The second-order valence-electron chi connectivity index (χ2n) is 5.82. The van der Waals surface area contributed by atoms with Gasteiger partial charge in [0, 0.05) is 11.3 Å². The van der Waals surface area contributed by atoms with E-state index in [1.807, 2.05) is 0 Å². The normalized spacial score (nSPS) is 13.0. The summed E-state index contributed by atoms with van der Waals surface area (Å²) in [6.45, 7) is 4.50. The number of benzene rings is 1. The number of aliphatic hydroxyl groups is 1. The van der Waals surface area contributed by atoms with Crippen LogP contribution in [-0.4, -0.2) is 36.6 Å². The molecule has 0 aromatic heterocycles. The van der Waals surface area contributed by atoms with Gasteiger partial charge in [0.15, 0.2) is 0 Å². The van der Waals surface area contributed by atoms with Crippen LogP contribution in [-0.2, 0) is 15.1 Å². The third-order valence-electron chi connectivity index (χ3n) is 3.64. The van der Waals surface area contributed by atoms with Crippen molar-refractivity contribution in [3.63, 3.8) is 0 Å². The third-order valence-corrected chi connectivity index (χ3v) is 3.64. The number of hydrogen-bond donors (Lipinski definition) is 2. The van der Waals surface area contributed by atoms with Crippen molar-refractivity contribution >= 4 is 11.7 Å². The molecule has 0 unspecified atom stereocenters. The van der Waals surface area contributed by atoms with Crippen molar-refractivity contribution in [1.82, 2.24) is 0 Å². The van der Waals surface area contributed by atoms with Gasteiger partial charge in [-0.2, -0.15) is 26.3 Å². The molecular formula is C16H19F6NO3. The average molecular weight is 387 g/mol. The van der Waals surface area contributed by atoms with Crippen LogP contribution in [0.4, 0.5) is 32.0 Å². The predicted molar refractivity (Wildman–Crippen MR) is 81.7 cm³/mol. The molecule has 10 heteroatoms. The van der Waals surface area contributed by atoms with Crippen LogP contribution in [0.5, 0.6) is 0 Å². The molecule has 0 heterocycles. The van der Waals surface area contributed by atoms with Crippen LogP contribution < -0.4 is 5.32 Å². The average Bonchev–Trinajstić information content (AvgIpc) is 2.50. The minimum Gasteiger partial charge on any atom is -0.465 e. The number of alkyl halides is 6. The standard InChI is InChI=1S/C16H19F6NO3/c1-4-26-13(24)8-23-12-6-5-10(7-11(12)9(2)3)14(25,15(17,18)19)16(20,21)22/h5-7,9,23,25H,4,8H2,1-3H3. The van der Waals surface area contributed by atoms with E-state index in [-0.39, 0.29) is 24.4 Å². The lowest BCUT2D eigenvalue weighted by Gasteiger charge is -2.33. The van der Waals surface area contributed by atoms with E-state index in [1.54, 1.807) is 20.8 Å². The first-order valence-corrected chi connectivity index (χ1v) is 7.65. The van der Waals surface area contributed by atoms with Crippen LogP contribution in [0.1, 0.15) is 37.8 Å². The number of halogens is 6. The van der Waals surface area contributed by atoms with Crippen molar-refractivity contribution in [3.8, 4) is 0 Å². The van der Waals surface area contributed by atoms with Crippen molar-refractivity contribution in [2.24, 2.45) is 0 Å². The first kappa shape index (κ1) is 22.1. The number of carbonyl (C=O) groups is 1. The monoisotopic (exact) mass is 387 g/mol. The highest BCUT2D eigenvalue weighted by Gasteiger charge is 2.71. The third kappa shape index (κ3) is 4.40. The highest BCUT2D eigenvalue weighted by atomic mass is 19.4. The van der Waals surface area contributed by atoms with Crippen molar-refractivity contribution in [2.75, 3.05) is 18.5 Å². The van der Waals surface area contributed by atoms with Crippen LogP contribution >= 0.6 is 0 Å². The lowest BCUT2D eigenvalue weighted by molar-refractivity contribution is -0.376. The van der Waals surface area contributed by atoms with Crippen LogP contribution in [0.15, 0.2) is 18.2 Å². The second kappa shape index (κ2) is 7.73. The van der Waals surface area contributed by atoms with Gasteiger partial charge in [-0.3, -0.25) is 4.79 Å². The number of hydrogen-bond acceptors (Lipinski definition) is 4. The van der Waals surface area contributed by atoms with Crippen molar-refractivity contribution < 1.29 is 41.0 Å². The lowest BCUT2D eigenvalue weighted by Crippen LogP contribution is -2.54. The molecular weight excluding hydrogens is 368 g/mol. The van der Waals surface area contributed by atoms with Crippen LogP contribution in [0.3, 0.4) is 0 Å². The smallest absolute Gasteiger partial charge is 0.430 e. The second-order valence-corrected chi connectivity index (χ2v) is 5.82. The number of anilines is 1. The summed E-state index contributed by atoms with van der Waals surface area (Å²) in [7, 11) is 0. The maximum Gasteiger partial charge on any atom is 0.430 e. The molecule has 1 aromatic carbocycles. The van der Waals surface area contributed by atoms with Crippen LogP contribution in [0, 0.1) is 0 Å². The van der Waals surface area contributed by atoms with Gasteiger partial charge in [-0.05, 0) is 30.5 Å². The Kier molecular flexibility index (Phi) is 6.56. The van der Waals surface area contributed by atoms with E-state index in [9.17, 15) is 36.2 Å². The largest absolute Gasteiger partial charge is 0.465 e. The van der Waals surface area contributed by atoms with E-state index in [2.05, 4.69) is 5.32 Å². The molecule has 0 radical (unpaired) electrons. The fourth-order valence-corrected chi connectivity index (χ4v) is 2.29. The van der Waals surface area contributed by atoms with E-state index in [4.69, 9.17) is 4.74 Å². The Bertz CT molecular complexity index is 626. The summed E-state index contributed by atoms with van der Waals surface area (Å²) in [6.07, 6.45) is -11.9. The Labute approximate surface area is 146 Å². The molecule has 4 nitrogen and oxygen atoms in total. The molecule has 0 fully saturated rings. The molecule has 2 N–H and O–H groups in total. The summed E-state index contributed by atoms with van der Waals surface area (Å²) < 4.78 is 82.8. The maximum atomic E-state index is 13.0. The molecule has 0 atom stereocenters. The molecule has 0 spiro atoms. The molecule has 0 saturated heterocycles. The Balaban J connectivity index is 3.35. The van der Waals surface area contributed by atoms with Crippen LogP contribution in [0.2, 0.25) is 0 Å². The molecule has 26 heavy (non-hydrogen) atoms. The summed E-state index contributed by atoms with van der Waals surface area (Å²) in [4.78, 5) is 11.4. The van der Waals surface area contributed by atoms with Crippen molar-refractivity contribution in [2.45, 2.75) is 44.6 Å². The first-order valence-electron chi connectivity index (χ1n) is 7.65. The zero-order valence-corrected chi connectivity index (χ0v) is 14.3. The number of esters is 1. The SMILES string of the molecule is CCOC(=O)CNc1ccc(C(O)(C(F)(F)F)C(F)(F)F)cc1C(C)C. The van der Waals surface area contributed by atoms with Gasteiger partial charge in [0.2, 0.25) is 0 Å². The maximum absolute atomic E-state index is 13.0. The summed E-state index contributed by atoms with van der Waals surface area (Å²) in [5.74, 6) is -1.11. The summed E-state index contributed by atoms with van der Waals surface area (Å²) in [5.41, 5.74) is -6.09. The molecule has 0 aliphatic carbocycles. The molecule has 0 amide bonds. The van der Waals surface area contributed by atoms with Gasteiger partial charge in [0.05, 0.1) is 6.61 Å². The van der Waals surface area contributed by atoms with Crippen molar-refractivity contribution in [3.05, 3.63) is 29.3 Å². The molecule has 0 aliphatic rings. The van der Waals surface area contributed by atoms with E-state index in [0.29, 0.717) is 12.1 Å². The van der Waals surface area contributed by atoms with E-state index in [0.717, 1.165) is 6.07 Å². The number of ether oxygens (including phenoxy) is 1. The van der Waals surface area contributed by atoms with Gasteiger partial charge < -0.3 is 15.2 Å². The quantitative estimate of drug-likeness (QED) is 0.570. The fraction of sp³-hybridized carbons (Fsp3) is 0.562. The fourth-order valence-electron chi connectivity index (χ4n) is 2.29. The Hall–Kier alpha value is -1.97. The summed E-state index contributed by atoms with van der Waals surface area (Å²) in [6, 6.07) is 2.13. The summed E-state index contributed by atoms with van der Waals surface area (Å²) in [5, 5.41) is 12.1. The minimum atomic E-state index is -5.96. The molecule has 1 aromatic rings. The highest BCUT2D eigenvalue weighted by molar-refractivity contribution is 5.75. The minimum absolute atomic E-state index is 0.0822. The van der Waals surface area contributed by atoms with Gasteiger partial charge in [0.25, 0.3) is 5.60 Å². The van der Waals surface area contributed by atoms with Gasteiger partial charge >= 0.3 is 18.3 Å². The molecule has 0 saturated carbocycles. The Morgan fingerprint density at radius 2 is 1.69 bits per heavy atom. The predicted octanol–water partition coefficient (Wildman–Crippen LogP) is 4.10. The Morgan fingerprint density at radius 3 is 2.12 bits per heavy atom. The van der Waals surface area contributed by atoms with Gasteiger partial charge in [-0.25, -0.2) is 0 Å². The number of rotatable bonds is 6. The van der Waals surface area contributed by atoms with Gasteiger partial charge in [-0.1, -0.05) is 19.9 Å². The van der Waals surface area contributed by atoms with Crippen LogP contribution in [0.25, 0.3) is 0 Å². The number of carbonyl (C=O) groups excluding carboxylic acids is 1. The zero-order chi connectivity index (χ0) is 20.3. The molecule has 0 aliphatic heterocycles. The first-order chi connectivity index (χ1) is 11.8. The highest BCUT2D eigenvalue weighted by Crippen LogP contribution is 2.50.